The van der Waals surface area contributed by atoms with Gasteiger partial charge >= 0.3 is 0 Å². The highest BCUT2D eigenvalue weighted by molar-refractivity contribution is 6.36. The summed E-state index contributed by atoms with van der Waals surface area (Å²) in [5.41, 5.74) is 3.81. The van der Waals surface area contributed by atoms with Crippen LogP contribution in [0.4, 0.5) is 0 Å². The first kappa shape index (κ1) is 19.2. The molecule has 0 unspecified atom stereocenters. The third-order valence-electron chi connectivity index (χ3n) is 5.48. The Morgan fingerprint density at radius 1 is 1.00 bits per heavy atom. The lowest BCUT2D eigenvalue weighted by atomic mass is 10.1. The van der Waals surface area contributed by atoms with Gasteiger partial charge in [-0.1, -0.05) is 47.8 Å². The largest absolute Gasteiger partial charge is 0.388 e. The number of hydrogen-bond donors (Lipinski definition) is 1. The van der Waals surface area contributed by atoms with Crippen molar-refractivity contribution in [2.24, 2.45) is 0 Å². The van der Waals surface area contributed by atoms with E-state index in [0.717, 1.165) is 49.2 Å². The second-order valence-corrected chi connectivity index (χ2v) is 8.31. The van der Waals surface area contributed by atoms with Crippen LogP contribution in [0.5, 0.6) is 0 Å². The van der Waals surface area contributed by atoms with Crippen molar-refractivity contribution in [1.82, 2.24) is 19.5 Å². The lowest BCUT2D eigenvalue weighted by Crippen LogP contribution is -2.33. The Kier molecular flexibility index (Phi) is 5.01. The molecule has 2 aromatic carbocycles. The van der Waals surface area contributed by atoms with E-state index in [-0.39, 0.29) is 5.56 Å². The molecule has 1 fully saturated rings. The summed E-state index contributed by atoms with van der Waals surface area (Å²) in [6, 6.07) is 15.0. The molecule has 152 valence electrons. The van der Waals surface area contributed by atoms with Crippen LogP contribution in [-0.4, -0.2) is 20.7 Å². The van der Waals surface area contributed by atoms with Crippen molar-refractivity contribution in [1.29, 1.82) is 0 Å². The van der Waals surface area contributed by atoms with Gasteiger partial charge in [0, 0.05) is 22.8 Å². The quantitative estimate of drug-likeness (QED) is 0.502. The second kappa shape index (κ2) is 7.82. The summed E-state index contributed by atoms with van der Waals surface area (Å²) in [4.78, 5) is 18.4. The van der Waals surface area contributed by atoms with Gasteiger partial charge in [-0.15, -0.1) is 0 Å². The molecule has 1 aliphatic rings. The number of rotatable bonds is 2. The highest BCUT2D eigenvalue weighted by Gasteiger charge is 2.20. The molecule has 0 bridgehead atoms. The van der Waals surface area contributed by atoms with Crippen LogP contribution < -0.4 is 16.1 Å². The molecular weight excluding hydrogens is 419 g/mol. The zero-order chi connectivity index (χ0) is 20.7. The van der Waals surface area contributed by atoms with E-state index in [4.69, 9.17) is 28.2 Å². The Balaban J connectivity index is 1.83. The fourth-order valence-corrected chi connectivity index (χ4v) is 4.55. The van der Waals surface area contributed by atoms with Crippen LogP contribution >= 0.6 is 23.2 Å². The first-order valence-corrected chi connectivity index (χ1v) is 10.8. The maximum Gasteiger partial charge on any atom is 0.283 e. The van der Waals surface area contributed by atoms with Gasteiger partial charge in [0.15, 0.2) is 5.65 Å². The third-order valence-corrected chi connectivity index (χ3v) is 6.03. The lowest BCUT2D eigenvalue weighted by Gasteiger charge is -2.04. The molecule has 0 radical (unpaired) electrons. The van der Waals surface area contributed by atoms with Crippen LogP contribution in [0.15, 0.2) is 59.5 Å². The molecule has 1 saturated heterocycles. The van der Waals surface area contributed by atoms with E-state index in [9.17, 15) is 4.79 Å². The predicted molar refractivity (Wildman–Crippen MR) is 121 cm³/mol. The number of para-hydroxylation sites is 1. The number of fused-ring (bicyclic) bond motifs is 1. The molecule has 0 amide bonds. The minimum absolute atomic E-state index is 0.0677. The van der Waals surface area contributed by atoms with Gasteiger partial charge in [0.2, 0.25) is 0 Å². The molecule has 0 spiro atoms. The molecule has 2 aromatic heterocycles. The maximum atomic E-state index is 13.5. The number of benzene rings is 2. The molecule has 5 rings (SSSR count). The summed E-state index contributed by atoms with van der Waals surface area (Å²) >= 11 is 12.5. The molecule has 1 N–H and O–H groups in total. The zero-order valence-electron chi connectivity index (χ0n) is 16.2. The first-order chi connectivity index (χ1) is 14.6. The Morgan fingerprint density at radius 3 is 2.63 bits per heavy atom. The molecule has 7 heteroatoms. The smallest absolute Gasteiger partial charge is 0.283 e. The van der Waals surface area contributed by atoms with E-state index in [1.165, 1.54) is 0 Å². The van der Waals surface area contributed by atoms with Crippen LogP contribution in [0.1, 0.15) is 25.7 Å². The van der Waals surface area contributed by atoms with Gasteiger partial charge in [-0.2, -0.15) is 0 Å². The van der Waals surface area contributed by atoms with E-state index in [1.807, 2.05) is 47.1 Å². The molecule has 0 atom stereocenters. The van der Waals surface area contributed by atoms with Gasteiger partial charge in [-0.05, 0) is 49.6 Å². The van der Waals surface area contributed by atoms with Gasteiger partial charge in [0.05, 0.1) is 22.6 Å². The fraction of sp³-hybridized carbons (Fsp3) is 0.217. The molecule has 3 heterocycles. The Labute approximate surface area is 183 Å². The maximum absolute atomic E-state index is 13.5. The first-order valence-electron chi connectivity index (χ1n) is 10.1. The SMILES string of the molecule is O=c1/c(=C2\CCCCCN2)c2nc(-c3ccc(Cl)cc3Cl)cn2n1-c1ccccc1. The topological polar surface area (TPSA) is 51.3 Å². The van der Waals surface area contributed by atoms with Gasteiger partial charge in [0.25, 0.3) is 5.56 Å². The van der Waals surface area contributed by atoms with Gasteiger partial charge in [-0.25, -0.2) is 14.2 Å². The summed E-state index contributed by atoms with van der Waals surface area (Å²) in [6.45, 7) is 0.869. The van der Waals surface area contributed by atoms with Crippen molar-refractivity contribution in [3.05, 3.63) is 80.3 Å². The highest BCUT2D eigenvalue weighted by atomic mass is 35.5. The Morgan fingerprint density at radius 2 is 1.83 bits per heavy atom. The standard InChI is InChI=1S/C23H20Cl2N4O/c24-15-10-11-17(18(25)13-15)20-14-28-22(27-20)21(19-9-5-2-6-12-26-19)23(30)29(28)16-7-3-1-4-8-16/h1,3-4,7-8,10-11,13-14,26H,2,5-6,9,12H2/b21-19+. The molecule has 0 saturated carbocycles. The summed E-state index contributed by atoms with van der Waals surface area (Å²) in [5, 5.41) is 5.20. The van der Waals surface area contributed by atoms with Gasteiger partial charge < -0.3 is 5.32 Å². The van der Waals surface area contributed by atoms with Crippen molar-refractivity contribution >= 4 is 34.5 Å². The number of nitrogens with one attached hydrogen (secondary N) is 1. The van der Waals surface area contributed by atoms with Crippen LogP contribution in [0.3, 0.4) is 0 Å². The van der Waals surface area contributed by atoms with E-state index < -0.39 is 0 Å². The highest BCUT2D eigenvalue weighted by Crippen LogP contribution is 2.29. The summed E-state index contributed by atoms with van der Waals surface area (Å²) in [6.07, 6.45) is 6.02. The second-order valence-electron chi connectivity index (χ2n) is 7.46. The molecule has 5 nitrogen and oxygen atoms in total. The minimum atomic E-state index is -0.0677. The summed E-state index contributed by atoms with van der Waals surface area (Å²) in [5.74, 6) is 0. The van der Waals surface area contributed by atoms with E-state index in [1.54, 1.807) is 16.8 Å². The van der Waals surface area contributed by atoms with Gasteiger partial charge in [0.1, 0.15) is 5.22 Å². The average molecular weight is 439 g/mol. The predicted octanol–water partition coefficient (Wildman–Crippen LogP) is 4.45. The normalized spacial score (nSPS) is 16.5. The Hall–Kier alpha value is -2.76. The van der Waals surface area contributed by atoms with Crippen LogP contribution in [0, 0.1) is 0 Å². The van der Waals surface area contributed by atoms with Crippen molar-refractivity contribution in [3.63, 3.8) is 0 Å². The van der Waals surface area contributed by atoms with E-state index in [2.05, 4.69) is 5.32 Å². The average Bonchev–Trinajstić information content (AvgIpc) is 3.11. The van der Waals surface area contributed by atoms with E-state index in [0.29, 0.717) is 26.6 Å². The van der Waals surface area contributed by atoms with Crippen LogP contribution in [-0.2, 0) is 0 Å². The minimum Gasteiger partial charge on any atom is -0.388 e. The molecular formula is C23H20Cl2N4O. The number of imidazole rings is 1. The van der Waals surface area contributed by atoms with Crippen molar-refractivity contribution in [3.8, 4) is 16.9 Å². The monoisotopic (exact) mass is 438 g/mol. The van der Waals surface area contributed by atoms with E-state index >= 15 is 0 Å². The fourth-order valence-electron chi connectivity index (χ4n) is 4.04. The number of hydrogen-bond acceptors (Lipinski definition) is 3. The molecule has 4 aromatic rings. The lowest BCUT2D eigenvalue weighted by molar-refractivity contribution is 0.721. The van der Waals surface area contributed by atoms with Crippen molar-refractivity contribution in [2.45, 2.75) is 25.7 Å². The molecule has 0 aliphatic carbocycles. The summed E-state index contributed by atoms with van der Waals surface area (Å²) < 4.78 is 3.50. The van der Waals surface area contributed by atoms with Crippen molar-refractivity contribution in [2.75, 3.05) is 6.54 Å². The van der Waals surface area contributed by atoms with Crippen LogP contribution in [0.2, 0.25) is 10.0 Å². The number of halogens is 2. The summed E-state index contributed by atoms with van der Waals surface area (Å²) in [7, 11) is 0. The third kappa shape index (κ3) is 3.28. The molecule has 30 heavy (non-hydrogen) atoms. The number of aromatic nitrogens is 3. The van der Waals surface area contributed by atoms with Gasteiger partial charge in [-0.3, -0.25) is 4.79 Å². The van der Waals surface area contributed by atoms with Crippen molar-refractivity contribution < 1.29 is 0 Å². The Bertz CT molecular complexity index is 1330. The van der Waals surface area contributed by atoms with Crippen LogP contribution in [0.25, 0.3) is 28.3 Å². The number of nitrogens with zero attached hydrogens (tertiary/aromatic N) is 3. The zero-order valence-corrected chi connectivity index (χ0v) is 17.7. The molecule has 1 aliphatic heterocycles.